The molecule has 1 N–H and O–H groups in total. The monoisotopic (exact) mass is 411 g/mol. The number of nitrogens with one attached hydrogen (secondary N) is 1. The van der Waals surface area contributed by atoms with Crippen LogP contribution in [0.1, 0.15) is 13.8 Å². The van der Waals surface area contributed by atoms with Gasteiger partial charge in [-0.2, -0.15) is 14.8 Å². The van der Waals surface area contributed by atoms with E-state index in [1.54, 1.807) is 43.3 Å². The highest BCUT2D eigenvalue weighted by atomic mass is 32.2. The van der Waals surface area contributed by atoms with Crippen LogP contribution in [-0.2, 0) is 14.8 Å². The number of carbonyl (C=O) groups excluding carboxylic acids is 1. The summed E-state index contributed by atoms with van der Waals surface area (Å²) in [6.07, 6.45) is 0. The fraction of sp³-hybridized carbons (Fsp3) is 0.143. The Labute approximate surface area is 167 Å². The zero-order valence-corrected chi connectivity index (χ0v) is 16.6. The number of hydrazone groups is 1. The smallest absolute Gasteiger partial charge is 0.270 e. The molecule has 0 bridgehead atoms. The molecule has 0 spiro atoms. The summed E-state index contributed by atoms with van der Waals surface area (Å²) in [6, 6.07) is 17.4. The molecule has 29 heavy (non-hydrogen) atoms. The third-order valence-electron chi connectivity index (χ3n) is 5.05. The lowest BCUT2D eigenvalue weighted by Crippen LogP contribution is -2.56. The van der Waals surface area contributed by atoms with Crippen LogP contribution in [0.25, 0.3) is 10.8 Å². The van der Waals surface area contributed by atoms with Crippen LogP contribution in [0.5, 0.6) is 0 Å². The Morgan fingerprint density at radius 3 is 2.28 bits per heavy atom. The Morgan fingerprint density at radius 2 is 1.59 bits per heavy atom. The molecule has 0 radical (unpaired) electrons. The summed E-state index contributed by atoms with van der Waals surface area (Å²) in [5.41, 5.74) is -0.724. The van der Waals surface area contributed by atoms with Crippen molar-refractivity contribution >= 4 is 38.1 Å². The third-order valence-corrected chi connectivity index (χ3v) is 6.67. The van der Waals surface area contributed by atoms with E-state index in [9.17, 15) is 17.6 Å². The maximum Gasteiger partial charge on any atom is 0.274 e. The number of fused-ring (bicyclic) bond motifs is 1. The van der Waals surface area contributed by atoms with E-state index in [4.69, 9.17) is 0 Å². The topological polar surface area (TPSA) is 78.8 Å². The summed E-state index contributed by atoms with van der Waals surface area (Å²) in [5.74, 6) is -1.04. The van der Waals surface area contributed by atoms with Crippen molar-refractivity contribution in [2.45, 2.75) is 24.3 Å². The van der Waals surface area contributed by atoms with Gasteiger partial charge < -0.3 is 0 Å². The molecule has 0 aliphatic carbocycles. The minimum Gasteiger partial charge on any atom is -0.270 e. The van der Waals surface area contributed by atoms with Crippen molar-refractivity contribution in [3.63, 3.8) is 0 Å². The van der Waals surface area contributed by atoms with E-state index in [1.165, 1.54) is 30.1 Å². The summed E-state index contributed by atoms with van der Waals surface area (Å²) in [5, 5.41) is 5.87. The number of amides is 1. The molecular formula is C21H18FN3O3S. The van der Waals surface area contributed by atoms with E-state index in [2.05, 4.69) is 9.82 Å². The lowest BCUT2D eigenvalue weighted by Gasteiger charge is -2.25. The van der Waals surface area contributed by atoms with E-state index in [1.807, 2.05) is 6.07 Å². The van der Waals surface area contributed by atoms with Crippen LogP contribution >= 0.6 is 0 Å². The minimum atomic E-state index is -4.16. The van der Waals surface area contributed by atoms with Gasteiger partial charge in [0.2, 0.25) is 10.0 Å². The number of anilines is 1. The molecular weight excluding hydrogens is 393 g/mol. The van der Waals surface area contributed by atoms with Gasteiger partial charge >= 0.3 is 0 Å². The van der Waals surface area contributed by atoms with E-state index in [0.717, 1.165) is 6.07 Å². The largest absolute Gasteiger partial charge is 0.274 e. The fourth-order valence-electron chi connectivity index (χ4n) is 3.32. The van der Waals surface area contributed by atoms with Gasteiger partial charge in [0.1, 0.15) is 5.82 Å². The van der Waals surface area contributed by atoms with Crippen LogP contribution in [-0.4, -0.2) is 25.6 Å². The molecule has 4 rings (SSSR count). The first kappa shape index (κ1) is 19.2. The van der Waals surface area contributed by atoms with Crippen molar-refractivity contribution in [3.8, 4) is 0 Å². The van der Waals surface area contributed by atoms with E-state index >= 15 is 0 Å². The van der Waals surface area contributed by atoms with Crippen molar-refractivity contribution in [1.82, 2.24) is 4.72 Å². The third kappa shape index (κ3) is 3.10. The molecule has 0 aromatic heterocycles. The quantitative estimate of drug-likeness (QED) is 0.714. The van der Waals surface area contributed by atoms with Gasteiger partial charge in [-0.25, -0.2) is 12.8 Å². The standard InChI is InChI=1S/C21H18FN3O3S/c1-14-21(2,20(26)25(23-14)15-8-4-3-5-9-15)24-29(27,28)19-13-12-18(22)16-10-6-7-11-17(16)19/h3-13,24H,1-2H3/t21-/m1/s1. The van der Waals surface area contributed by atoms with Gasteiger partial charge in [0.15, 0.2) is 5.54 Å². The SMILES string of the molecule is CC1=NN(c2ccccc2)C(=O)[C@]1(C)NS(=O)(=O)c1ccc(F)c2ccccc12. The zero-order chi connectivity index (χ0) is 20.8. The summed E-state index contributed by atoms with van der Waals surface area (Å²) in [4.78, 5) is 13.0. The molecule has 3 aromatic rings. The van der Waals surface area contributed by atoms with Crippen molar-refractivity contribution in [1.29, 1.82) is 0 Å². The van der Waals surface area contributed by atoms with Gasteiger partial charge in [0, 0.05) is 10.8 Å². The molecule has 1 atom stereocenters. The molecule has 1 aliphatic heterocycles. The van der Waals surface area contributed by atoms with Crippen LogP contribution in [0.4, 0.5) is 10.1 Å². The number of hydrogen-bond donors (Lipinski definition) is 1. The maximum absolute atomic E-state index is 14.1. The molecule has 148 valence electrons. The van der Waals surface area contributed by atoms with Crippen LogP contribution in [0.15, 0.2) is 76.7 Å². The van der Waals surface area contributed by atoms with E-state index < -0.39 is 27.3 Å². The maximum atomic E-state index is 14.1. The summed E-state index contributed by atoms with van der Waals surface area (Å²) in [6.45, 7) is 3.06. The van der Waals surface area contributed by atoms with Crippen LogP contribution in [0, 0.1) is 5.82 Å². The average molecular weight is 411 g/mol. The molecule has 1 aliphatic rings. The highest BCUT2D eigenvalue weighted by Crippen LogP contribution is 2.30. The number of benzene rings is 3. The van der Waals surface area contributed by atoms with Crippen molar-refractivity contribution in [3.05, 3.63) is 72.5 Å². The molecule has 3 aromatic carbocycles. The zero-order valence-electron chi connectivity index (χ0n) is 15.8. The first-order chi connectivity index (χ1) is 13.7. The van der Waals surface area contributed by atoms with E-state index in [-0.39, 0.29) is 15.7 Å². The summed E-state index contributed by atoms with van der Waals surface area (Å²) < 4.78 is 43.0. The molecule has 1 amide bonds. The number of rotatable bonds is 4. The molecule has 0 unspecified atom stereocenters. The Kier molecular flexibility index (Phi) is 4.48. The van der Waals surface area contributed by atoms with Crippen LogP contribution < -0.4 is 9.73 Å². The second-order valence-electron chi connectivity index (χ2n) is 6.96. The number of carbonyl (C=O) groups is 1. The fourth-order valence-corrected chi connectivity index (χ4v) is 4.91. The Bertz CT molecular complexity index is 1260. The normalized spacial score (nSPS) is 19.6. The number of halogens is 1. The van der Waals surface area contributed by atoms with Gasteiger partial charge in [0.05, 0.1) is 16.3 Å². The highest BCUT2D eigenvalue weighted by molar-refractivity contribution is 7.89. The lowest BCUT2D eigenvalue weighted by molar-refractivity contribution is -0.120. The molecule has 0 fully saturated rings. The second-order valence-corrected chi connectivity index (χ2v) is 8.61. The van der Waals surface area contributed by atoms with E-state index in [0.29, 0.717) is 11.4 Å². The number of hydrogen-bond acceptors (Lipinski definition) is 4. The van der Waals surface area contributed by atoms with Crippen molar-refractivity contribution in [2.24, 2.45) is 5.10 Å². The molecule has 0 saturated heterocycles. The predicted octanol–water partition coefficient (Wildman–Crippen LogP) is 3.44. The Balaban J connectivity index is 1.75. The lowest BCUT2D eigenvalue weighted by atomic mass is 9.98. The van der Waals surface area contributed by atoms with Gasteiger partial charge in [-0.15, -0.1) is 0 Å². The van der Waals surface area contributed by atoms with Crippen LogP contribution in [0.2, 0.25) is 0 Å². The van der Waals surface area contributed by atoms with Crippen molar-refractivity contribution in [2.75, 3.05) is 5.01 Å². The highest BCUT2D eigenvalue weighted by Gasteiger charge is 2.48. The summed E-state index contributed by atoms with van der Waals surface area (Å²) in [7, 11) is -4.16. The van der Waals surface area contributed by atoms with Gasteiger partial charge in [-0.3, -0.25) is 4.79 Å². The molecule has 6 nitrogen and oxygen atoms in total. The Morgan fingerprint density at radius 1 is 0.966 bits per heavy atom. The molecule has 0 saturated carbocycles. The van der Waals surface area contributed by atoms with Gasteiger partial charge in [0.25, 0.3) is 5.91 Å². The first-order valence-electron chi connectivity index (χ1n) is 8.90. The van der Waals surface area contributed by atoms with Crippen molar-refractivity contribution < 1.29 is 17.6 Å². The predicted molar refractivity (Wildman–Crippen MR) is 110 cm³/mol. The summed E-state index contributed by atoms with van der Waals surface area (Å²) >= 11 is 0. The molecule has 1 heterocycles. The van der Waals surface area contributed by atoms with Gasteiger partial charge in [-0.1, -0.05) is 42.5 Å². The van der Waals surface area contributed by atoms with Crippen LogP contribution in [0.3, 0.4) is 0 Å². The number of nitrogens with zero attached hydrogens (tertiary/aromatic N) is 2. The first-order valence-corrected chi connectivity index (χ1v) is 10.4. The Hall–Kier alpha value is -3.10. The number of sulfonamides is 1. The molecule has 8 heteroatoms. The second kappa shape index (κ2) is 6.75. The van der Waals surface area contributed by atoms with Gasteiger partial charge in [-0.05, 0) is 38.1 Å². The number of para-hydroxylation sites is 1. The average Bonchev–Trinajstić information content (AvgIpc) is 2.92. The minimum absolute atomic E-state index is 0.102.